The Morgan fingerprint density at radius 2 is 1.94 bits per heavy atom. The molecule has 2 amide bonds. The maximum absolute atomic E-state index is 12.9. The summed E-state index contributed by atoms with van der Waals surface area (Å²) in [6.07, 6.45) is 2.42. The van der Waals surface area contributed by atoms with Crippen LogP contribution in [-0.2, 0) is 14.3 Å². The molecule has 0 bridgehead atoms. The minimum absolute atomic E-state index is 0.0165. The molecule has 1 aromatic heterocycles. The molecule has 174 valence electrons. The average Bonchev–Trinajstić information content (AvgIpc) is 3.33. The van der Waals surface area contributed by atoms with Crippen LogP contribution in [0.3, 0.4) is 0 Å². The maximum Gasteiger partial charge on any atom is 0.234 e. The lowest BCUT2D eigenvalue weighted by Gasteiger charge is -2.31. The number of benzene rings is 1. The molecular weight excluding hydrogens is 422 g/mol. The van der Waals surface area contributed by atoms with E-state index in [1.54, 1.807) is 11.3 Å². The number of rotatable bonds is 11. The van der Waals surface area contributed by atoms with E-state index in [1.807, 2.05) is 18.4 Å². The summed E-state index contributed by atoms with van der Waals surface area (Å²) in [4.78, 5) is 28.5. The van der Waals surface area contributed by atoms with Gasteiger partial charge in [0.25, 0.3) is 0 Å². The van der Waals surface area contributed by atoms with Crippen LogP contribution in [0.25, 0.3) is 0 Å². The fourth-order valence-corrected chi connectivity index (χ4v) is 4.77. The fourth-order valence-electron chi connectivity index (χ4n) is 3.97. The number of hydrogen-bond donors (Lipinski definition) is 2. The molecule has 1 saturated heterocycles. The second-order valence-corrected chi connectivity index (χ2v) is 9.30. The summed E-state index contributed by atoms with van der Waals surface area (Å²) < 4.78 is 5.30. The van der Waals surface area contributed by atoms with Gasteiger partial charge in [-0.3, -0.25) is 14.5 Å². The SMILES string of the molecule is CCOCCCNC(=O)C1CCN(CC(=O)NC(c2ccc(C)cc2)c2cccs2)CC1. The number of carbonyl (C=O) groups is 2. The molecule has 1 unspecified atom stereocenters. The van der Waals surface area contributed by atoms with Gasteiger partial charge >= 0.3 is 0 Å². The van der Waals surface area contributed by atoms with Crippen LogP contribution >= 0.6 is 11.3 Å². The highest BCUT2D eigenvalue weighted by Crippen LogP contribution is 2.26. The Morgan fingerprint density at radius 3 is 2.59 bits per heavy atom. The van der Waals surface area contributed by atoms with E-state index in [9.17, 15) is 9.59 Å². The van der Waals surface area contributed by atoms with Gasteiger partial charge in [0.15, 0.2) is 0 Å². The van der Waals surface area contributed by atoms with Gasteiger partial charge in [-0.05, 0) is 63.2 Å². The molecule has 1 aliphatic heterocycles. The second kappa shape index (κ2) is 12.7. The van der Waals surface area contributed by atoms with E-state index < -0.39 is 0 Å². The Hall–Kier alpha value is -2.22. The highest BCUT2D eigenvalue weighted by Gasteiger charge is 2.26. The molecule has 0 aliphatic carbocycles. The van der Waals surface area contributed by atoms with Crippen LogP contribution in [0.4, 0.5) is 0 Å². The minimum atomic E-state index is -0.136. The smallest absolute Gasteiger partial charge is 0.234 e. The molecule has 0 radical (unpaired) electrons. The molecule has 0 saturated carbocycles. The zero-order valence-corrected chi connectivity index (χ0v) is 20.0. The molecule has 2 aromatic rings. The largest absolute Gasteiger partial charge is 0.382 e. The van der Waals surface area contributed by atoms with Crippen LogP contribution in [0.5, 0.6) is 0 Å². The molecular formula is C25H35N3O3S. The lowest BCUT2D eigenvalue weighted by molar-refractivity contribution is -0.127. The van der Waals surface area contributed by atoms with Crippen LogP contribution in [0.15, 0.2) is 41.8 Å². The van der Waals surface area contributed by atoms with E-state index >= 15 is 0 Å². The number of likely N-dealkylation sites (tertiary alicyclic amines) is 1. The van der Waals surface area contributed by atoms with Crippen LogP contribution in [0.1, 0.15) is 48.2 Å². The van der Waals surface area contributed by atoms with Gasteiger partial charge in [0.1, 0.15) is 0 Å². The Balaban J connectivity index is 1.45. The van der Waals surface area contributed by atoms with Crippen LogP contribution < -0.4 is 10.6 Å². The summed E-state index contributed by atoms with van der Waals surface area (Å²) in [5, 5.41) is 8.27. The van der Waals surface area contributed by atoms with Gasteiger partial charge < -0.3 is 15.4 Å². The summed E-state index contributed by atoms with van der Waals surface area (Å²) in [7, 11) is 0. The van der Waals surface area contributed by atoms with Crippen molar-refractivity contribution in [3.05, 3.63) is 57.8 Å². The molecule has 1 aromatic carbocycles. The summed E-state index contributed by atoms with van der Waals surface area (Å²) >= 11 is 1.65. The predicted molar refractivity (Wildman–Crippen MR) is 129 cm³/mol. The van der Waals surface area contributed by atoms with Gasteiger partial charge in [-0.2, -0.15) is 0 Å². The molecule has 1 atom stereocenters. The average molecular weight is 458 g/mol. The second-order valence-electron chi connectivity index (χ2n) is 8.32. The van der Waals surface area contributed by atoms with Crippen molar-refractivity contribution < 1.29 is 14.3 Å². The summed E-state index contributed by atoms with van der Waals surface area (Å²) in [6.45, 7) is 7.96. The molecule has 3 rings (SSSR count). The summed E-state index contributed by atoms with van der Waals surface area (Å²) in [6, 6.07) is 12.3. The quantitative estimate of drug-likeness (QED) is 0.507. The van der Waals surface area contributed by atoms with Gasteiger partial charge in [-0.25, -0.2) is 0 Å². The Bertz CT molecular complexity index is 831. The first kappa shape index (κ1) is 24.4. The Kier molecular flexibility index (Phi) is 9.71. The molecule has 0 spiro atoms. The molecule has 7 heteroatoms. The van der Waals surface area contributed by atoms with Crippen molar-refractivity contribution in [2.75, 3.05) is 39.4 Å². The maximum atomic E-state index is 12.9. The molecule has 6 nitrogen and oxygen atoms in total. The van der Waals surface area contributed by atoms with Gasteiger partial charge in [0.2, 0.25) is 11.8 Å². The number of amides is 2. The zero-order valence-electron chi connectivity index (χ0n) is 19.1. The number of thiophene rings is 1. The van der Waals surface area contributed by atoms with Crippen molar-refractivity contribution >= 4 is 23.2 Å². The number of aryl methyl sites for hydroxylation is 1. The Labute approximate surface area is 195 Å². The number of carbonyl (C=O) groups excluding carboxylic acids is 2. The van der Waals surface area contributed by atoms with E-state index in [-0.39, 0.29) is 23.8 Å². The number of ether oxygens (including phenoxy) is 1. The van der Waals surface area contributed by atoms with Crippen molar-refractivity contribution in [2.24, 2.45) is 5.92 Å². The van der Waals surface area contributed by atoms with Gasteiger partial charge in [-0.15, -0.1) is 11.3 Å². The lowest BCUT2D eigenvalue weighted by Crippen LogP contribution is -2.45. The number of hydrogen-bond acceptors (Lipinski definition) is 5. The van der Waals surface area contributed by atoms with Crippen molar-refractivity contribution in [1.82, 2.24) is 15.5 Å². The van der Waals surface area contributed by atoms with E-state index in [0.717, 1.165) is 42.8 Å². The topological polar surface area (TPSA) is 70.7 Å². The standard InChI is InChI=1S/C25H35N3O3S/c1-3-31-16-5-13-26-25(30)21-11-14-28(15-12-21)18-23(29)27-24(22-6-4-17-32-22)20-9-7-19(2)8-10-20/h4,6-10,17,21,24H,3,5,11-16,18H2,1-2H3,(H,26,30)(H,27,29). The van der Waals surface area contributed by atoms with Crippen molar-refractivity contribution in [3.8, 4) is 0 Å². The first-order valence-corrected chi connectivity index (χ1v) is 12.4. The lowest BCUT2D eigenvalue weighted by atomic mass is 9.96. The molecule has 32 heavy (non-hydrogen) atoms. The number of piperidine rings is 1. The molecule has 1 aliphatic rings. The highest BCUT2D eigenvalue weighted by molar-refractivity contribution is 7.10. The van der Waals surface area contributed by atoms with E-state index in [0.29, 0.717) is 26.3 Å². The third-order valence-electron chi connectivity index (χ3n) is 5.84. The molecule has 1 fully saturated rings. The van der Waals surface area contributed by atoms with Gasteiger partial charge in [0.05, 0.1) is 12.6 Å². The van der Waals surface area contributed by atoms with Crippen molar-refractivity contribution in [2.45, 2.75) is 39.2 Å². The van der Waals surface area contributed by atoms with E-state index in [4.69, 9.17) is 4.74 Å². The number of nitrogens with one attached hydrogen (secondary N) is 2. The molecule has 2 heterocycles. The van der Waals surface area contributed by atoms with Crippen LogP contribution in [0, 0.1) is 12.8 Å². The first-order valence-electron chi connectivity index (χ1n) is 11.5. The van der Waals surface area contributed by atoms with E-state index in [2.05, 4.69) is 52.8 Å². The third kappa shape index (κ3) is 7.43. The summed E-state index contributed by atoms with van der Waals surface area (Å²) in [5.74, 6) is 0.179. The van der Waals surface area contributed by atoms with Gasteiger partial charge in [0, 0.05) is 30.6 Å². The normalized spacial score (nSPS) is 15.9. The van der Waals surface area contributed by atoms with Gasteiger partial charge in [-0.1, -0.05) is 35.9 Å². The van der Waals surface area contributed by atoms with Crippen molar-refractivity contribution in [1.29, 1.82) is 0 Å². The fraction of sp³-hybridized carbons (Fsp3) is 0.520. The molecule has 2 N–H and O–H groups in total. The van der Waals surface area contributed by atoms with Crippen molar-refractivity contribution in [3.63, 3.8) is 0 Å². The summed E-state index contributed by atoms with van der Waals surface area (Å²) in [5.41, 5.74) is 2.29. The Morgan fingerprint density at radius 1 is 1.19 bits per heavy atom. The minimum Gasteiger partial charge on any atom is -0.382 e. The van der Waals surface area contributed by atoms with Crippen LogP contribution in [-0.4, -0.2) is 56.1 Å². The van der Waals surface area contributed by atoms with E-state index in [1.165, 1.54) is 5.56 Å². The highest BCUT2D eigenvalue weighted by atomic mass is 32.1. The first-order chi connectivity index (χ1) is 15.6. The zero-order chi connectivity index (χ0) is 22.8. The third-order valence-corrected chi connectivity index (χ3v) is 6.78. The predicted octanol–water partition coefficient (Wildman–Crippen LogP) is 3.52. The van der Waals surface area contributed by atoms with Crippen LogP contribution in [0.2, 0.25) is 0 Å². The monoisotopic (exact) mass is 457 g/mol. The number of nitrogens with zero attached hydrogens (tertiary/aromatic N) is 1.